The Morgan fingerprint density at radius 3 is 2.71 bits per heavy atom. The Balaban J connectivity index is 2.24. The van der Waals surface area contributed by atoms with E-state index in [2.05, 4.69) is 15.9 Å². The normalized spacial score (nSPS) is 11.0. The third-order valence-electron chi connectivity index (χ3n) is 3.49. The number of carbonyl (C=O) groups excluding carboxylic acids is 1. The van der Waals surface area contributed by atoms with E-state index < -0.39 is 0 Å². The maximum atomic E-state index is 12.9. The van der Waals surface area contributed by atoms with E-state index in [9.17, 15) is 4.79 Å². The third-order valence-corrected chi connectivity index (χ3v) is 4.37. The highest BCUT2D eigenvalue weighted by molar-refractivity contribution is 9.10. The number of fused-ring (bicyclic) bond motifs is 1. The van der Waals surface area contributed by atoms with Gasteiger partial charge in [0, 0.05) is 23.1 Å². The molecule has 21 heavy (non-hydrogen) atoms. The van der Waals surface area contributed by atoms with Gasteiger partial charge in [0.05, 0.1) is 10.0 Å². The molecule has 106 valence electrons. The Morgan fingerprint density at radius 1 is 1.19 bits per heavy atom. The number of furan rings is 1. The molecule has 2 aromatic carbocycles. The number of rotatable bonds is 3. The van der Waals surface area contributed by atoms with Crippen LogP contribution in [0, 0.1) is 0 Å². The van der Waals surface area contributed by atoms with Crippen LogP contribution in [0.15, 0.2) is 51.4 Å². The van der Waals surface area contributed by atoms with E-state index in [4.69, 9.17) is 10.2 Å². The predicted molar refractivity (Wildman–Crippen MR) is 87.6 cm³/mol. The van der Waals surface area contributed by atoms with Crippen LogP contribution in [0.1, 0.15) is 28.6 Å². The van der Waals surface area contributed by atoms with E-state index in [0.29, 0.717) is 33.5 Å². The van der Waals surface area contributed by atoms with Gasteiger partial charge >= 0.3 is 0 Å². The van der Waals surface area contributed by atoms with E-state index in [0.717, 1.165) is 11.0 Å². The van der Waals surface area contributed by atoms with Crippen molar-refractivity contribution in [1.29, 1.82) is 0 Å². The lowest BCUT2D eigenvalue weighted by molar-refractivity contribution is 0.103. The van der Waals surface area contributed by atoms with Gasteiger partial charge in [0.2, 0.25) is 0 Å². The van der Waals surface area contributed by atoms with Crippen LogP contribution in [0.2, 0.25) is 0 Å². The van der Waals surface area contributed by atoms with Crippen LogP contribution in [0.3, 0.4) is 0 Å². The van der Waals surface area contributed by atoms with Crippen molar-refractivity contribution in [2.75, 3.05) is 5.73 Å². The number of halogens is 1. The molecule has 0 aliphatic carbocycles. The van der Waals surface area contributed by atoms with Gasteiger partial charge in [0.1, 0.15) is 11.3 Å². The highest BCUT2D eigenvalue weighted by atomic mass is 79.9. The molecule has 0 spiro atoms. The molecule has 0 fully saturated rings. The van der Waals surface area contributed by atoms with Gasteiger partial charge in [-0.2, -0.15) is 0 Å². The first-order chi connectivity index (χ1) is 10.1. The Morgan fingerprint density at radius 2 is 1.95 bits per heavy atom. The number of hydrogen-bond acceptors (Lipinski definition) is 3. The number of para-hydroxylation sites is 1. The third kappa shape index (κ3) is 2.25. The monoisotopic (exact) mass is 343 g/mol. The maximum Gasteiger partial charge on any atom is 0.198 e. The molecule has 0 saturated heterocycles. The zero-order valence-corrected chi connectivity index (χ0v) is 13.1. The maximum absolute atomic E-state index is 12.9. The molecule has 0 radical (unpaired) electrons. The number of hydrogen-bond donors (Lipinski definition) is 1. The topological polar surface area (TPSA) is 56.2 Å². The van der Waals surface area contributed by atoms with Crippen molar-refractivity contribution < 1.29 is 9.21 Å². The average Bonchev–Trinajstić information content (AvgIpc) is 2.88. The van der Waals surface area contributed by atoms with Crippen molar-refractivity contribution in [3.8, 4) is 0 Å². The number of ketones is 1. The summed E-state index contributed by atoms with van der Waals surface area (Å²) in [5.41, 5.74) is 8.33. The molecule has 0 aliphatic rings. The Labute approximate surface area is 130 Å². The second-order valence-corrected chi connectivity index (χ2v) is 5.58. The van der Waals surface area contributed by atoms with Gasteiger partial charge in [-0.3, -0.25) is 4.79 Å². The number of nitrogens with two attached hydrogens (primary N) is 1. The number of nitrogen functional groups attached to an aromatic ring is 1. The van der Waals surface area contributed by atoms with Crippen molar-refractivity contribution in [2.45, 2.75) is 13.3 Å². The Bertz CT molecular complexity index is 836. The second kappa shape index (κ2) is 5.37. The predicted octanol–water partition coefficient (Wildman–Crippen LogP) is 4.57. The van der Waals surface area contributed by atoms with Crippen molar-refractivity contribution in [2.24, 2.45) is 0 Å². The molecule has 4 heteroatoms. The smallest absolute Gasteiger partial charge is 0.198 e. The minimum atomic E-state index is -0.0732. The van der Waals surface area contributed by atoms with Crippen LogP contribution in [-0.4, -0.2) is 5.78 Å². The number of carbonyl (C=O) groups is 1. The van der Waals surface area contributed by atoms with E-state index in [1.54, 1.807) is 18.2 Å². The molecule has 3 nitrogen and oxygen atoms in total. The highest BCUT2D eigenvalue weighted by Gasteiger charge is 2.22. The summed E-state index contributed by atoms with van der Waals surface area (Å²) in [5, 5.41) is 0.841. The largest absolute Gasteiger partial charge is 0.460 e. The number of aryl methyl sites for hydroxylation is 1. The molecule has 0 saturated carbocycles. The van der Waals surface area contributed by atoms with Gasteiger partial charge in [-0.1, -0.05) is 31.2 Å². The lowest BCUT2D eigenvalue weighted by Gasteiger charge is -2.06. The van der Waals surface area contributed by atoms with E-state index >= 15 is 0 Å². The minimum absolute atomic E-state index is 0.0732. The van der Waals surface area contributed by atoms with Crippen molar-refractivity contribution >= 4 is 38.4 Å². The Hall–Kier alpha value is -2.07. The fourth-order valence-corrected chi connectivity index (χ4v) is 2.90. The molecule has 0 unspecified atom stereocenters. The second-order valence-electron chi connectivity index (χ2n) is 4.79. The zero-order valence-electron chi connectivity index (χ0n) is 11.5. The van der Waals surface area contributed by atoms with Crippen LogP contribution >= 0.6 is 15.9 Å². The van der Waals surface area contributed by atoms with Crippen LogP contribution in [0.4, 0.5) is 5.69 Å². The Kier molecular flexibility index (Phi) is 3.55. The molecule has 1 heterocycles. The SMILES string of the molecule is CCc1oc2ccccc2c1C(=O)c1cccc(N)c1Br. The summed E-state index contributed by atoms with van der Waals surface area (Å²) >= 11 is 3.40. The van der Waals surface area contributed by atoms with E-state index in [-0.39, 0.29) is 5.78 Å². The van der Waals surface area contributed by atoms with Gasteiger partial charge < -0.3 is 10.2 Å². The van der Waals surface area contributed by atoms with Gasteiger partial charge in [-0.25, -0.2) is 0 Å². The van der Waals surface area contributed by atoms with Crippen LogP contribution in [0.25, 0.3) is 11.0 Å². The molecule has 0 aliphatic heterocycles. The van der Waals surface area contributed by atoms with Crippen molar-refractivity contribution in [3.63, 3.8) is 0 Å². The minimum Gasteiger partial charge on any atom is -0.460 e. The molecule has 1 aromatic heterocycles. The molecule has 3 rings (SSSR count). The molecular formula is C17H14BrNO2. The van der Waals surface area contributed by atoms with Gasteiger partial charge in [0.15, 0.2) is 5.78 Å². The summed E-state index contributed by atoms with van der Waals surface area (Å²) in [7, 11) is 0. The first kappa shape index (κ1) is 13.9. The van der Waals surface area contributed by atoms with Crippen molar-refractivity contribution in [1.82, 2.24) is 0 Å². The first-order valence-electron chi connectivity index (χ1n) is 6.72. The number of anilines is 1. The van der Waals surface area contributed by atoms with Crippen molar-refractivity contribution in [3.05, 3.63) is 63.8 Å². The van der Waals surface area contributed by atoms with Crippen LogP contribution in [-0.2, 0) is 6.42 Å². The lowest BCUT2D eigenvalue weighted by atomic mass is 9.99. The first-order valence-corrected chi connectivity index (χ1v) is 7.52. The standard InChI is InChI=1S/C17H14BrNO2/c1-2-13-15(10-6-3-4-9-14(10)21-13)17(20)11-7-5-8-12(19)16(11)18/h3-9H,2,19H2,1H3. The summed E-state index contributed by atoms with van der Waals surface area (Å²) in [6, 6.07) is 12.9. The molecule has 0 amide bonds. The van der Waals surface area contributed by atoms with Crippen LogP contribution in [0.5, 0.6) is 0 Å². The molecular weight excluding hydrogens is 330 g/mol. The fraction of sp³-hybridized carbons (Fsp3) is 0.118. The summed E-state index contributed by atoms with van der Waals surface area (Å²) in [6.45, 7) is 1.98. The average molecular weight is 344 g/mol. The zero-order chi connectivity index (χ0) is 15.0. The van der Waals surface area contributed by atoms with Gasteiger partial charge in [0.25, 0.3) is 0 Å². The summed E-state index contributed by atoms with van der Waals surface area (Å²) < 4.78 is 6.42. The molecule has 2 N–H and O–H groups in total. The summed E-state index contributed by atoms with van der Waals surface area (Å²) in [5.74, 6) is 0.631. The molecule has 3 aromatic rings. The fourth-order valence-electron chi connectivity index (χ4n) is 2.45. The lowest BCUT2D eigenvalue weighted by Crippen LogP contribution is -2.05. The highest BCUT2D eigenvalue weighted by Crippen LogP contribution is 2.32. The molecule has 0 bridgehead atoms. The van der Waals surface area contributed by atoms with Crippen LogP contribution < -0.4 is 5.73 Å². The summed E-state index contributed by atoms with van der Waals surface area (Å²) in [6.07, 6.45) is 0.662. The van der Waals surface area contributed by atoms with Gasteiger partial charge in [-0.05, 0) is 34.1 Å². The van der Waals surface area contributed by atoms with E-state index in [1.807, 2.05) is 31.2 Å². The quantitative estimate of drug-likeness (QED) is 0.559. The van der Waals surface area contributed by atoms with Gasteiger partial charge in [-0.15, -0.1) is 0 Å². The number of benzene rings is 2. The summed E-state index contributed by atoms with van der Waals surface area (Å²) in [4.78, 5) is 12.9. The molecule has 0 atom stereocenters. The van der Waals surface area contributed by atoms with E-state index in [1.165, 1.54) is 0 Å².